The lowest BCUT2D eigenvalue weighted by Gasteiger charge is -2.38. The van der Waals surface area contributed by atoms with Gasteiger partial charge in [-0.1, -0.05) is 163 Å². The van der Waals surface area contributed by atoms with E-state index >= 15 is 0 Å². The molecule has 2 fully saturated rings. The molecule has 72 heavy (non-hydrogen) atoms. The fraction of sp³-hybridized carbons (Fsp3) is 0.130. The molecule has 0 amide bonds. The summed E-state index contributed by atoms with van der Waals surface area (Å²) >= 11 is 6.72. The van der Waals surface area contributed by atoms with Gasteiger partial charge < -0.3 is 9.13 Å². The maximum Gasteiger partial charge on any atom is 0.0541 e. The van der Waals surface area contributed by atoms with Gasteiger partial charge >= 0.3 is 0 Å². The van der Waals surface area contributed by atoms with E-state index in [1.165, 1.54) is 137 Å². The molecule has 2 saturated carbocycles. The number of aromatic nitrogens is 2. The monoisotopic (exact) mass is 942 g/mol. The lowest BCUT2D eigenvalue weighted by molar-refractivity contribution is 0.166. The van der Waals surface area contributed by atoms with Gasteiger partial charge in [0, 0.05) is 37.9 Å². The second-order valence-corrected chi connectivity index (χ2v) is 21.4. The molecule has 2 aromatic heterocycles. The number of rotatable bonds is 7. The maximum atomic E-state index is 6.72. The van der Waals surface area contributed by atoms with Crippen molar-refractivity contribution in [1.82, 2.24) is 9.13 Å². The highest BCUT2D eigenvalue weighted by Crippen LogP contribution is 2.63. The molecule has 2 unspecified atom stereocenters. The number of halogens is 1. The summed E-state index contributed by atoms with van der Waals surface area (Å²) in [6.07, 6.45) is 6.54. The summed E-state index contributed by atoms with van der Waals surface area (Å²) in [5, 5.41) is 5.77. The van der Waals surface area contributed by atoms with Crippen molar-refractivity contribution in [1.29, 1.82) is 0 Å². The highest BCUT2D eigenvalue weighted by molar-refractivity contribution is 6.30. The Kier molecular flexibility index (Phi) is 9.64. The zero-order valence-corrected chi connectivity index (χ0v) is 40.7. The molecule has 0 spiro atoms. The normalized spacial score (nSPS) is 18.1. The van der Waals surface area contributed by atoms with Crippen LogP contribution in [0.2, 0.25) is 5.02 Å². The predicted octanol–water partition coefficient (Wildman–Crippen LogP) is 19.3. The van der Waals surface area contributed by atoms with Gasteiger partial charge in [-0.25, -0.2) is 0 Å². The maximum absolute atomic E-state index is 6.72. The summed E-state index contributed by atoms with van der Waals surface area (Å²) < 4.78 is 4.86. The Morgan fingerprint density at radius 1 is 0.292 bits per heavy atom. The van der Waals surface area contributed by atoms with Gasteiger partial charge in [0.1, 0.15) is 0 Å². The van der Waals surface area contributed by atoms with E-state index in [1.807, 2.05) is 0 Å². The van der Waals surface area contributed by atoms with Crippen molar-refractivity contribution in [3.8, 4) is 67.0 Å². The van der Waals surface area contributed by atoms with Crippen LogP contribution in [0.15, 0.2) is 224 Å². The molecule has 12 aromatic rings. The molecule has 0 radical (unpaired) electrons. The lowest BCUT2D eigenvalue weighted by Crippen LogP contribution is -2.25. The van der Waals surface area contributed by atoms with Crippen molar-refractivity contribution in [2.45, 2.75) is 43.9 Å². The highest BCUT2D eigenvalue weighted by atomic mass is 35.5. The molecule has 16 rings (SSSR count). The van der Waals surface area contributed by atoms with Gasteiger partial charge in [-0.05, 0) is 195 Å². The van der Waals surface area contributed by atoms with Gasteiger partial charge in [-0.3, -0.25) is 0 Å². The van der Waals surface area contributed by atoms with Crippen LogP contribution in [-0.4, -0.2) is 9.13 Å². The van der Waals surface area contributed by atoms with Crippen molar-refractivity contribution in [3.05, 3.63) is 241 Å². The van der Waals surface area contributed by atoms with E-state index < -0.39 is 0 Å². The molecule has 4 bridgehead atoms. The van der Waals surface area contributed by atoms with E-state index in [9.17, 15) is 0 Å². The average Bonchev–Trinajstić information content (AvgIpc) is 3.88. The molecule has 4 aliphatic rings. The lowest BCUT2D eigenvalue weighted by atomic mass is 9.66. The first-order chi connectivity index (χ1) is 35.6. The number of nitrogens with zero attached hydrogens (tertiary/aromatic N) is 2. The Bertz CT molecular complexity index is 4060. The first-order valence-corrected chi connectivity index (χ1v) is 26.3. The van der Waals surface area contributed by atoms with E-state index in [0.717, 1.165) is 22.5 Å². The van der Waals surface area contributed by atoms with Crippen LogP contribution in [-0.2, 0) is 0 Å². The zero-order valence-electron chi connectivity index (χ0n) is 40.0. The molecule has 2 nitrogen and oxygen atoms in total. The summed E-state index contributed by atoms with van der Waals surface area (Å²) in [7, 11) is 0. The first kappa shape index (κ1) is 41.8. The smallest absolute Gasteiger partial charge is 0.0541 e. The van der Waals surface area contributed by atoms with E-state index in [-0.39, 0.29) is 0 Å². The number of fused-ring (bicyclic) bond motifs is 6. The van der Waals surface area contributed by atoms with E-state index in [1.54, 1.807) is 11.1 Å². The Hall–Kier alpha value is -7.91. The largest absolute Gasteiger partial charge is 0.309 e. The minimum Gasteiger partial charge on any atom is -0.309 e. The number of benzene rings is 10. The molecule has 0 N–H and O–H groups in total. The molecule has 0 aliphatic heterocycles. The van der Waals surface area contributed by atoms with E-state index in [4.69, 9.17) is 11.6 Å². The molecule has 3 heteroatoms. The van der Waals surface area contributed by atoms with Crippen LogP contribution < -0.4 is 0 Å². The fourth-order valence-electron chi connectivity index (χ4n) is 14.2. The van der Waals surface area contributed by atoms with Gasteiger partial charge in [0.15, 0.2) is 0 Å². The van der Waals surface area contributed by atoms with E-state index in [0.29, 0.717) is 11.8 Å². The Labute approximate surface area is 425 Å². The molecular weight excluding hydrogens is 892 g/mol. The van der Waals surface area contributed by atoms with E-state index in [2.05, 4.69) is 234 Å². The van der Waals surface area contributed by atoms with Gasteiger partial charge in [0.25, 0.3) is 0 Å². The molecule has 344 valence electrons. The van der Waals surface area contributed by atoms with Crippen LogP contribution in [0.3, 0.4) is 0 Å². The SMILES string of the molecule is Clc1ccc(-c2c(-c3ccc(-n4c5ccccc5c5cc(-c6ccc7c(c6)c6ccccc6n7-c6ccccc6)ccc54)cc3)c(-c3ccccc3)c3c(c2-c2ccccc2)C2CC4CC(C2)CC3C4)cc1. The average molecular weight is 944 g/mol. The number of para-hydroxylation sites is 3. The fourth-order valence-corrected chi connectivity index (χ4v) is 14.3. The Balaban J connectivity index is 0.925. The van der Waals surface area contributed by atoms with Crippen LogP contribution in [0.25, 0.3) is 111 Å². The highest BCUT2D eigenvalue weighted by Gasteiger charge is 2.45. The van der Waals surface area contributed by atoms with Crippen LogP contribution in [0.4, 0.5) is 0 Å². The molecular formula is C69H51ClN2. The van der Waals surface area contributed by atoms with Crippen LogP contribution in [0.1, 0.15) is 55.1 Å². The third-order valence-electron chi connectivity index (χ3n) is 16.9. The molecule has 10 aromatic carbocycles. The van der Waals surface area contributed by atoms with Gasteiger partial charge in [-0.15, -0.1) is 0 Å². The van der Waals surface area contributed by atoms with Gasteiger partial charge in [-0.2, -0.15) is 0 Å². The molecule has 0 saturated heterocycles. The summed E-state index contributed by atoms with van der Waals surface area (Å²) in [4.78, 5) is 0. The second kappa shape index (κ2) is 16.6. The standard InChI is InChI=1S/C69H51ClN2/c70-53-30-24-47(25-31-53)66-64(45-14-4-1-5-15-45)68-51-37-43-36-44(38-51)40-52(39-43)69(68)65(46-16-6-2-7-17-46)67(66)48-26-32-55(33-27-48)72-61-23-13-11-21-57(61)59-42-50(29-35-63(59)72)49-28-34-62-58(41-49)56-20-10-12-22-60(56)71(62)54-18-8-3-9-19-54/h1-35,41-44,51-52H,36-40H2. The number of hydrogen-bond donors (Lipinski definition) is 0. The molecule has 2 atom stereocenters. The Morgan fingerprint density at radius 3 is 1.12 bits per heavy atom. The van der Waals surface area contributed by atoms with Crippen LogP contribution in [0.5, 0.6) is 0 Å². The summed E-state index contributed by atoms with van der Waals surface area (Å²) in [5.74, 6) is 2.64. The topological polar surface area (TPSA) is 9.86 Å². The third kappa shape index (κ3) is 6.55. The second-order valence-electron chi connectivity index (χ2n) is 20.9. The predicted molar refractivity (Wildman–Crippen MR) is 303 cm³/mol. The molecule has 2 heterocycles. The minimum absolute atomic E-state index is 0.533. The third-order valence-corrected chi connectivity index (χ3v) is 17.2. The zero-order chi connectivity index (χ0) is 47.4. The summed E-state index contributed by atoms with van der Waals surface area (Å²) in [5.41, 5.74) is 23.3. The molecule has 4 aliphatic carbocycles. The van der Waals surface area contributed by atoms with Crippen LogP contribution in [0, 0.1) is 11.8 Å². The number of hydrogen-bond acceptors (Lipinski definition) is 0. The van der Waals surface area contributed by atoms with Crippen molar-refractivity contribution in [3.63, 3.8) is 0 Å². The van der Waals surface area contributed by atoms with Crippen LogP contribution >= 0.6 is 11.6 Å². The van der Waals surface area contributed by atoms with Gasteiger partial charge in [0.05, 0.1) is 22.1 Å². The van der Waals surface area contributed by atoms with Gasteiger partial charge in [0.2, 0.25) is 0 Å². The van der Waals surface area contributed by atoms with Crippen molar-refractivity contribution in [2.75, 3.05) is 0 Å². The summed E-state index contributed by atoms with van der Waals surface area (Å²) in [6.45, 7) is 0. The summed E-state index contributed by atoms with van der Waals surface area (Å²) in [6, 6.07) is 83.4. The quantitative estimate of drug-likeness (QED) is 0.151. The van der Waals surface area contributed by atoms with Crippen molar-refractivity contribution >= 4 is 55.2 Å². The van der Waals surface area contributed by atoms with Crippen molar-refractivity contribution < 1.29 is 0 Å². The first-order valence-electron chi connectivity index (χ1n) is 25.9. The van der Waals surface area contributed by atoms with Crippen molar-refractivity contribution in [2.24, 2.45) is 11.8 Å². The minimum atomic E-state index is 0.533. The Morgan fingerprint density at radius 2 is 0.653 bits per heavy atom.